The number of thiazole rings is 1. The van der Waals surface area contributed by atoms with E-state index in [2.05, 4.69) is 25.3 Å². The van der Waals surface area contributed by atoms with Crippen molar-refractivity contribution in [3.63, 3.8) is 0 Å². The summed E-state index contributed by atoms with van der Waals surface area (Å²) >= 11 is 1.40. The number of anilines is 1. The Morgan fingerprint density at radius 3 is 3.00 bits per heavy atom. The van der Waals surface area contributed by atoms with Gasteiger partial charge in [-0.05, 0) is 11.5 Å². The van der Waals surface area contributed by atoms with E-state index >= 15 is 0 Å². The highest BCUT2D eigenvalue weighted by atomic mass is 32.1. The molecule has 116 valence electrons. The van der Waals surface area contributed by atoms with Crippen LogP contribution in [0.2, 0.25) is 0 Å². The predicted octanol–water partition coefficient (Wildman–Crippen LogP) is 3.70. The molecule has 3 rings (SSSR count). The molecule has 0 unspecified atom stereocenters. The van der Waals surface area contributed by atoms with E-state index in [1.165, 1.54) is 17.7 Å². The molecule has 0 aromatic carbocycles. The molecule has 6 nitrogen and oxygen atoms in total. The van der Waals surface area contributed by atoms with Gasteiger partial charge in [-0.2, -0.15) is 0 Å². The van der Waals surface area contributed by atoms with Gasteiger partial charge in [0.25, 0.3) is 0 Å². The van der Waals surface area contributed by atoms with Crippen molar-refractivity contribution in [1.82, 2.24) is 19.9 Å². The standard InChI is InChI=1S/C15H17N5OS.H2/c1-15(2,3)6-11(21)20-14-19-10(7-22-14)12-9-4-5-16-13(9)18-8-17-12;/h4-5,7-8H,6H2,1-3H3,(H,16,17,18)(H,19,20,21);1H. The first kappa shape index (κ1) is 14.6. The number of rotatable bonds is 3. The average Bonchev–Trinajstić information content (AvgIpc) is 3.04. The van der Waals surface area contributed by atoms with E-state index in [4.69, 9.17) is 0 Å². The van der Waals surface area contributed by atoms with E-state index in [1.54, 1.807) is 0 Å². The molecule has 0 bridgehead atoms. The van der Waals surface area contributed by atoms with Gasteiger partial charge in [-0.3, -0.25) is 4.79 Å². The minimum Gasteiger partial charge on any atom is -0.346 e. The molecule has 22 heavy (non-hydrogen) atoms. The Bertz CT molecular complexity index is 820. The first-order chi connectivity index (χ1) is 10.4. The second-order valence-electron chi connectivity index (χ2n) is 6.29. The van der Waals surface area contributed by atoms with Crippen molar-refractivity contribution in [1.29, 1.82) is 0 Å². The van der Waals surface area contributed by atoms with Crippen molar-refractivity contribution in [2.45, 2.75) is 27.2 Å². The Morgan fingerprint density at radius 1 is 1.41 bits per heavy atom. The zero-order valence-corrected chi connectivity index (χ0v) is 13.5. The number of hydrogen-bond acceptors (Lipinski definition) is 5. The first-order valence-electron chi connectivity index (χ1n) is 6.96. The van der Waals surface area contributed by atoms with Crippen molar-refractivity contribution in [2.24, 2.45) is 5.41 Å². The summed E-state index contributed by atoms with van der Waals surface area (Å²) in [4.78, 5) is 27.9. The number of nitrogens with zero attached hydrogens (tertiary/aromatic N) is 3. The number of carbonyl (C=O) groups is 1. The fourth-order valence-corrected chi connectivity index (χ4v) is 2.87. The lowest BCUT2D eigenvalue weighted by Gasteiger charge is -2.16. The largest absolute Gasteiger partial charge is 0.346 e. The van der Waals surface area contributed by atoms with Crippen LogP contribution in [0.15, 0.2) is 24.0 Å². The van der Waals surface area contributed by atoms with Gasteiger partial charge in [0.05, 0.1) is 0 Å². The van der Waals surface area contributed by atoms with E-state index in [0.717, 1.165) is 22.4 Å². The number of amides is 1. The highest BCUT2D eigenvalue weighted by Gasteiger charge is 2.17. The van der Waals surface area contributed by atoms with Crippen LogP contribution in [0.5, 0.6) is 0 Å². The van der Waals surface area contributed by atoms with E-state index in [-0.39, 0.29) is 12.7 Å². The van der Waals surface area contributed by atoms with Gasteiger partial charge in [-0.15, -0.1) is 11.3 Å². The molecule has 2 N–H and O–H groups in total. The van der Waals surface area contributed by atoms with Crippen molar-refractivity contribution < 1.29 is 6.22 Å². The summed E-state index contributed by atoms with van der Waals surface area (Å²) in [7, 11) is 0. The van der Waals surface area contributed by atoms with Crippen LogP contribution >= 0.6 is 11.3 Å². The Hall–Kier alpha value is -2.28. The molecule has 0 aliphatic heterocycles. The average molecular weight is 317 g/mol. The van der Waals surface area contributed by atoms with Gasteiger partial charge in [-0.1, -0.05) is 20.8 Å². The highest BCUT2D eigenvalue weighted by Crippen LogP contribution is 2.28. The monoisotopic (exact) mass is 317 g/mol. The third-order valence-corrected chi connectivity index (χ3v) is 3.80. The molecule has 0 fully saturated rings. The Kier molecular flexibility index (Phi) is 3.66. The SMILES string of the molecule is CC(C)(C)CC(=O)Nc1nc(-c2ncnc3[nH]ccc23)cs1.[HH]. The summed E-state index contributed by atoms with van der Waals surface area (Å²) < 4.78 is 0. The fraction of sp³-hybridized carbons (Fsp3) is 0.333. The normalized spacial score (nSPS) is 11.8. The van der Waals surface area contributed by atoms with E-state index in [1.807, 2.05) is 38.4 Å². The third kappa shape index (κ3) is 3.14. The summed E-state index contributed by atoms with van der Waals surface area (Å²) in [6.45, 7) is 6.09. The van der Waals surface area contributed by atoms with Crippen LogP contribution in [0.1, 0.15) is 28.6 Å². The molecular formula is C15H19N5OS. The maximum Gasteiger partial charge on any atom is 0.226 e. The van der Waals surface area contributed by atoms with E-state index in [0.29, 0.717) is 11.6 Å². The van der Waals surface area contributed by atoms with E-state index < -0.39 is 0 Å². The van der Waals surface area contributed by atoms with Gasteiger partial charge in [0.1, 0.15) is 23.4 Å². The van der Waals surface area contributed by atoms with Crippen LogP contribution in [0, 0.1) is 5.41 Å². The molecule has 7 heteroatoms. The van der Waals surface area contributed by atoms with Crippen molar-refractivity contribution in [3.05, 3.63) is 24.0 Å². The number of aromatic nitrogens is 4. The van der Waals surface area contributed by atoms with Crippen molar-refractivity contribution in [3.8, 4) is 11.4 Å². The predicted molar refractivity (Wildman–Crippen MR) is 89.8 cm³/mol. The number of hydrogen-bond donors (Lipinski definition) is 2. The zero-order chi connectivity index (χ0) is 15.7. The van der Waals surface area contributed by atoms with Gasteiger partial charge >= 0.3 is 0 Å². The zero-order valence-electron chi connectivity index (χ0n) is 12.7. The topological polar surface area (TPSA) is 83.6 Å². The number of fused-ring (bicyclic) bond motifs is 1. The quantitative estimate of drug-likeness (QED) is 0.771. The summed E-state index contributed by atoms with van der Waals surface area (Å²) in [6, 6.07) is 1.92. The lowest BCUT2D eigenvalue weighted by molar-refractivity contribution is -0.117. The minimum absolute atomic E-state index is 0. The number of carbonyl (C=O) groups excluding carboxylic acids is 1. The van der Waals surface area contributed by atoms with Gasteiger partial charge in [-0.25, -0.2) is 15.0 Å². The minimum atomic E-state index is -0.0475. The highest BCUT2D eigenvalue weighted by molar-refractivity contribution is 7.14. The Morgan fingerprint density at radius 2 is 2.23 bits per heavy atom. The Labute approximate surface area is 133 Å². The smallest absolute Gasteiger partial charge is 0.226 e. The van der Waals surface area contributed by atoms with Crippen molar-refractivity contribution in [2.75, 3.05) is 5.32 Å². The number of nitrogens with one attached hydrogen (secondary N) is 2. The maximum atomic E-state index is 12.0. The maximum absolute atomic E-state index is 12.0. The van der Waals surface area contributed by atoms with Crippen LogP contribution in [0.3, 0.4) is 0 Å². The lowest BCUT2D eigenvalue weighted by atomic mass is 9.92. The van der Waals surface area contributed by atoms with Crippen LogP contribution in [-0.4, -0.2) is 25.8 Å². The molecule has 0 atom stereocenters. The summed E-state index contributed by atoms with van der Waals surface area (Å²) in [6.07, 6.45) is 3.78. The molecule has 3 heterocycles. The van der Waals surface area contributed by atoms with Crippen LogP contribution in [0.4, 0.5) is 5.13 Å². The molecule has 3 aromatic heterocycles. The van der Waals surface area contributed by atoms with Gasteiger partial charge in [0.15, 0.2) is 5.13 Å². The summed E-state index contributed by atoms with van der Waals surface area (Å²) in [5, 5.41) is 6.24. The van der Waals surface area contributed by atoms with Gasteiger partial charge in [0, 0.05) is 24.8 Å². The van der Waals surface area contributed by atoms with Gasteiger partial charge < -0.3 is 10.3 Å². The third-order valence-electron chi connectivity index (χ3n) is 3.04. The number of aromatic amines is 1. The lowest BCUT2D eigenvalue weighted by Crippen LogP contribution is -2.19. The van der Waals surface area contributed by atoms with Crippen LogP contribution < -0.4 is 5.32 Å². The summed E-state index contributed by atoms with van der Waals surface area (Å²) in [5.74, 6) is -0.0251. The van der Waals surface area contributed by atoms with Gasteiger partial charge in [0.2, 0.25) is 5.91 Å². The molecule has 0 spiro atoms. The Balaban J connectivity index is 0.00000192. The summed E-state index contributed by atoms with van der Waals surface area (Å²) in [5.41, 5.74) is 2.23. The van der Waals surface area contributed by atoms with E-state index in [9.17, 15) is 4.79 Å². The van der Waals surface area contributed by atoms with Crippen LogP contribution in [0.25, 0.3) is 22.4 Å². The molecular weight excluding hydrogens is 298 g/mol. The second-order valence-corrected chi connectivity index (χ2v) is 7.14. The molecule has 0 aliphatic rings. The first-order valence-corrected chi connectivity index (χ1v) is 7.84. The van der Waals surface area contributed by atoms with Crippen LogP contribution in [-0.2, 0) is 4.79 Å². The molecule has 0 saturated carbocycles. The molecule has 0 radical (unpaired) electrons. The molecule has 3 aromatic rings. The molecule has 0 saturated heterocycles. The van der Waals surface area contributed by atoms with Crippen molar-refractivity contribution >= 4 is 33.4 Å². The second kappa shape index (κ2) is 5.49. The molecule has 1 amide bonds. The molecule has 0 aliphatic carbocycles. The number of H-pyrrole nitrogens is 1. The fourth-order valence-electron chi connectivity index (χ4n) is 2.16.